The fraction of sp³-hybridized carbons (Fsp3) is 0.733. The first-order valence-corrected chi connectivity index (χ1v) is 7.30. The minimum atomic E-state index is 0.787. The lowest BCUT2D eigenvalue weighted by Crippen LogP contribution is -2.27. The van der Waals surface area contributed by atoms with Gasteiger partial charge < -0.3 is 14.5 Å². The van der Waals surface area contributed by atoms with Crippen LogP contribution in [0.1, 0.15) is 37.9 Å². The molecule has 1 aromatic heterocycles. The highest BCUT2D eigenvalue weighted by atomic mass is 16.5. The van der Waals surface area contributed by atoms with E-state index < -0.39 is 0 Å². The van der Waals surface area contributed by atoms with Gasteiger partial charge in [0.1, 0.15) is 11.5 Å². The maximum absolute atomic E-state index is 5.77. The first-order chi connectivity index (χ1) is 9.21. The molecule has 0 spiro atoms. The number of nitrogens with one attached hydrogen (secondary N) is 1. The van der Waals surface area contributed by atoms with Crippen molar-refractivity contribution >= 4 is 0 Å². The highest BCUT2D eigenvalue weighted by molar-refractivity contribution is 5.20. The van der Waals surface area contributed by atoms with Gasteiger partial charge in [0.2, 0.25) is 0 Å². The molecular weight excluding hydrogens is 240 g/mol. The van der Waals surface area contributed by atoms with E-state index in [9.17, 15) is 0 Å². The van der Waals surface area contributed by atoms with Crippen LogP contribution in [0.15, 0.2) is 10.5 Å². The molecule has 0 saturated heterocycles. The molecule has 0 amide bonds. The molecule has 0 atom stereocenters. The van der Waals surface area contributed by atoms with Crippen LogP contribution < -0.4 is 5.32 Å². The minimum Gasteiger partial charge on any atom is -0.465 e. The molecule has 0 aliphatic heterocycles. The van der Waals surface area contributed by atoms with Crippen molar-refractivity contribution in [2.45, 2.75) is 40.8 Å². The molecule has 0 aliphatic rings. The second-order valence-electron chi connectivity index (χ2n) is 4.64. The Labute approximate surface area is 117 Å². The maximum atomic E-state index is 5.77. The summed E-state index contributed by atoms with van der Waals surface area (Å²) in [6, 6.07) is 2.17. The number of likely N-dealkylation sites (N-methyl/N-ethyl adjacent to an activating group) is 1. The van der Waals surface area contributed by atoms with Crippen LogP contribution in [0.25, 0.3) is 0 Å². The fourth-order valence-corrected chi connectivity index (χ4v) is 2.01. The van der Waals surface area contributed by atoms with Crippen LogP contribution in [0.5, 0.6) is 0 Å². The highest BCUT2D eigenvalue weighted by Crippen LogP contribution is 2.16. The molecule has 0 aromatic carbocycles. The summed E-state index contributed by atoms with van der Waals surface area (Å²) in [5.74, 6) is 2.05. The van der Waals surface area contributed by atoms with Crippen molar-refractivity contribution in [1.82, 2.24) is 10.2 Å². The fourth-order valence-electron chi connectivity index (χ4n) is 2.01. The number of hydrogen-bond donors (Lipinski definition) is 1. The van der Waals surface area contributed by atoms with Crippen LogP contribution in [0.4, 0.5) is 0 Å². The molecule has 110 valence electrons. The molecule has 0 saturated carbocycles. The molecule has 1 N–H and O–H groups in total. The van der Waals surface area contributed by atoms with Gasteiger partial charge in [0.15, 0.2) is 0 Å². The molecule has 1 aromatic rings. The molecule has 4 nitrogen and oxygen atoms in total. The number of rotatable bonds is 10. The average molecular weight is 268 g/mol. The number of furan rings is 1. The summed E-state index contributed by atoms with van der Waals surface area (Å²) in [6.07, 6.45) is 0. The van der Waals surface area contributed by atoms with Crippen LogP contribution in [-0.4, -0.2) is 37.7 Å². The van der Waals surface area contributed by atoms with Crippen molar-refractivity contribution in [1.29, 1.82) is 0 Å². The summed E-state index contributed by atoms with van der Waals surface area (Å²) in [6.45, 7) is 14.6. The Hall–Kier alpha value is -0.840. The molecule has 0 fully saturated rings. The van der Waals surface area contributed by atoms with E-state index in [-0.39, 0.29) is 0 Å². The third-order valence-electron chi connectivity index (χ3n) is 3.22. The van der Waals surface area contributed by atoms with E-state index in [1.807, 2.05) is 13.8 Å². The number of aryl methyl sites for hydroxylation is 1. The molecule has 1 rings (SSSR count). The van der Waals surface area contributed by atoms with Crippen molar-refractivity contribution in [3.63, 3.8) is 0 Å². The third-order valence-corrected chi connectivity index (χ3v) is 3.22. The highest BCUT2D eigenvalue weighted by Gasteiger charge is 2.10. The van der Waals surface area contributed by atoms with Gasteiger partial charge in [-0.2, -0.15) is 0 Å². The molecule has 0 unspecified atom stereocenters. The molecule has 19 heavy (non-hydrogen) atoms. The Bertz CT molecular complexity index is 350. The third kappa shape index (κ3) is 5.76. The first kappa shape index (κ1) is 16.2. The normalized spacial score (nSPS) is 11.4. The average Bonchev–Trinajstić information content (AvgIpc) is 2.76. The van der Waals surface area contributed by atoms with Gasteiger partial charge in [0.05, 0.1) is 13.2 Å². The second kappa shape index (κ2) is 9.13. The van der Waals surface area contributed by atoms with Gasteiger partial charge >= 0.3 is 0 Å². The van der Waals surface area contributed by atoms with Gasteiger partial charge in [-0.05, 0) is 33.0 Å². The Morgan fingerprint density at radius 2 is 2.11 bits per heavy atom. The molecular formula is C15H28N2O2. The van der Waals surface area contributed by atoms with E-state index >= 15 is 0 Å². The maximum Gasteiger partial charge on any atom is 0.118 e. The number of ether oxygens (including phenoxy) is 1. The Kier molecular flexibility index (Phi) is 7.79. The lowest BCUT2D eigenvalue weighted by Gasteiger charge is -2.19. The zero-order chi connectivity index (χ0) is 14.1. The van der Waals surface area contributed by atoms with Gasteiger partial charge in [-0.15, -0.1) is 0 Å². The summed E-state index contributed by atoms with van der Waals surface area (Å²) in [7, 11) is 0. The van der Waals surface area contributed by atoms with E-state index in [0.717, 1.165) is 57.5 Å². The van der Waals surface area contributed by atoms with Crippen molar-refractivity contribution in [2.24, 2.45) is 0 Å². The lowest BCUT2D eigenvalue weighted by atomic mass is 10.2. The smallest absolute Gasteiger partial charge is 0.118 e. The zero-order valence-electron chi connectivity index (χ0n) is 12.8. The minimum absolute atomic E-state index is 0.787. The number of nitrogens with zero attached hydrogens (tertiary/aromatic N) is 1. The van der Waals surface area contributed by atoms with Gasteiger partial charge in [0.25, 0.3) is 0 Å². The largest absolute Gasteiger partial charge is 0.465 e. The molecule has 0 bridgehead atoms. The Balaban J connectivity index is 2.51. The summed E-state index contributed by atoms with van der Waals surface area (Å²) in [5, 5.41) is 3.29. The topological polar surface area (TPSA) is 37.6 Å². The molecule has 0 radical (unpaired) electrons. The molecule has 1 heterocycles. The van der Waals surface area contributed by atoms with E-state index in [1.165, 1.54) is 5.56 Å². The summed E-state index contributed by atoms with van der Waals surface area (Å²) in [4.78, 5) is 2.38. The SMILES string of the molecule is CCNCc1cc(CN(CC)CCOCC)c(C)o1. The Morgan fingerprint density at radius 1 is 1.32 bits per heavy atom. The van der Waals surface area contributed by atoms with Crippen LogP contribution >= 0.6 is 0 Å². The van der Waals surface area contributed by atoms with Gasteiger partial charge in [-0.1, -0.05) is 13.8 Å². The van der Waals surface area contributed by atoms with Crippen molar-refractivity contribution in [2.75, 3.05) is 32.8 Å². The Morgan fingerprint density at radius 3 is 2.74 bits per heavy atom. The van der Waals surface area contributed by atoms with E-state index in [4.69, 9.17) is 9.15 Å². The van der Waals surface area contributed by atoms with Crippen molar-refractivity contribution in [3.05, 3.63) is 23.2 Å². The van der Waals surface area contributed by atoms with Gasteiger partial charge in [-0.3, -0.25) is 4.90 Å². The lowest BCUT2D eigenvalue weighted by molar-refractivity contribution is 0.112. The van der Waals surface area contributed by atoms with E-state index in [1.54, 1.807) is 0 Å². The summed E-state index contributed by atoms with van der Waals surface area (Å²) >= 11 is 0. The van der Waals surface area contributed by atoms with Crippen LogP contribution in [-0.2, 0) is 17.8 Å². The van der Waals surface area contributed by atoms with Crippen LogP contribution in [0, 0.1) is 6.92 Å². The van der Waals surface area contributed by atoms with Crippen molar-refractivity contribution < 1.29 is 9.15 Å². The van der Waals surface area contributed by atoms with Crippen molar-refractivity contribution in [3.8, 4) is 0 Å². The first-order valence-electron chi connectivity index (χ1n) is 7.30. The quantitative estimate of drug-likeness (QED) is 0.662. The predicted molar refractivity (Wildman–Crippen MR) is 78.3 cm³/mol. The van der Waals surface area contributed by atoms with E-state index in [0.29, 0.717) is 0 Å². The predicted octanol–water partition coefficient (Wildman–Crippen LogP) is 2.56. The number of hydrogen-bond acceptors (Lipinski definition) is 4. The van der Waals surface area contributed by atoms with Crippen LogP contribution in [0.3, 0.4) is 0 Å². The zero-order valence-corrected chi connectivity index (χ0v) is 12.8. The summed E-state index contributed by atoms with van der Waals surface area (Å²) in [5.41, 5.74) is 1.28. The van der Waals surface area contributed by atoms with Gasteiger partial charge in [-0.25, -0.2) is 0 Å². The molecule has 0 aliphatic carbocycles. The molecule has 4 heteroatoms. The standard InChI is InChI=1S/C15H28N2O2/c1-5-16-11-15-10-14(13(4)19-15)12-17(6-2)8-9-18-7-3/h10,16H,5-9,11-12H2,1-4H3. The van der Waals surface area contributed by atoms with Gasteiger partial charge in [0, 0.05) is 25.3 Å². The monoisotopic (exact) mass is 268 g/mol. The second-order valence-corrected chi connectivity index (χ2v) is 4.64. The van der Waals surface area contributed by atoms with E-state index in [2.05, 4.69) is 30.1 Å². The summed E-state index contributed by atoms with van der Waals surface area (Å²) < 4.78 is 11.2. The van der Waals surface area contributed by atoms with Crippen LogP contribution in [0.2, 0.25) is 0 Å².